The third-order valence-corrected chi connectivity index (χ3v) is 2.17. The lowest BCUT2D eigenvalue weighted by Crippen LogP contribution is -1.95. The Kier molecular flexibility index (Phi) is 14.7. The highest BCUT2D eigenvalue weighted by molar-refractivity contribution is 5.33. The van der Waals surface area contributed by atoms with Gasteiger partial charge in [-0.3, -0.25) is 0 Å². The van der Waals surface area contributed by atoms with Crippen molar-refractivity contribution in [3.05, 3.63) is 36.0 Å². The van der Waals surface area contributed by atoms with Crippen molar-refractivity contribution in [2.75, 3.05) is 0 Å². The molecule has 0 bridgehead atoms. The van der Waals surface area contributed by atoms with E-state index in [0.29, 0.717) is 0 Å². The standard InChI is InChI=1S/C11H16.2C2H6/c1-3-7-11-9-6-5-8-10(11)4-2;2*1-2/h3-4,7H,2,5-6,8-9H2,1H3;2*1-2H3/b7-3-;;. The summed E-state index contributed by atoms with van der Waals surface area (Å²) in [6, 6.07) is 0. The van der Waals surface area contributed by atoms with E-state index in [-0.39, 0.29) is 0 Å². The second-order valence-corrected chi connectivity index (χ2v) is 2.96. The van der Waals surface area contributed by atoms with Crippen LogP contribution in [0.3, 0.4) is 0 Å². The first kappa shape index (κ1) is 16.6. The topological polar surface area (TPSA) is 0 Å². The van der Waals surface area contributed by atoms with E-state index in [1.807, 2.05) is 33.8 Å². The summed E-state index contributed by atoms with van der Waals surface area (Å²) >= 11 is 0. The van der Waals surface area contributed by atoms with Crippen LogP contribution in [0.25, 0.3) is 0 Å². The lowest BCUT2D eigenvalue weighted by Gasteiger charge is -2.14. The molecule has 0 spiro atoms. The summed E-state index contributed by atoms with van der Waals surface area (Å²) < 4.78 is 0. The third kappa shape index (κ3) is 7.18. The van der Waals surface area contributed by atoms with Gasteiger partial charge in [-0.25, -0.2) is 0 Å². The minimum absolute atomic E-state index is 1.23. The van der Waals surface area contributed by atoms with Gasteiger partial charge < -0.3 is 0 Å². The molecule has 0 nitrogen and oxygen atoms in total. The highest BCUT2D eigenvalue weighted by atomic mass is 14.1. The van der Waals surface area contributed by atoms with Crippen LogP contribution in [0.5, 0.6) is 0 Å². The first-order chi connectivity index (χ1) is 7.38. The van der Waals surface area contributed by atoms with Gasteiger partial charge in [-0.15, -0.1) is 0 Å². The van der Waals surface area contributed by atoms with Crippen molar-refractivity contribution in [2.24, 2.45) is 0 Å². The van der Waals surface area contributed by atoms with Crippen LogP contribution in [0.2, 0.25) is 0 Å². The minimum atomic E-state index is 1.23. The van der Waals surface area contributed by atoms with Crippen LogP contribution in [0.15, 0.2) is 36.0 Å². The van der Waals surface area contributed by atoms with Crippen LogP contribution in [0.4, 0.5) is 0 Å². The quantitative estimate of drug-likeness (QED) is 0.548. The van der Waals surface area contributed by atoms with Gasteiger partial charge in [-0.1, -0.05) is 52.5 Å². The SMILES string of the molecule is C=CC1=C(/C=C\C)CCCC1.CC.CC. The van der Waals surface area contributed by atoms with Gasteiger partial charge in [0.2, 0.25) is 0 Å². The van der Waals surface area contributed by atoms with Gasteiger partial charge in [0.15, 0.2) is 0 Å². The van der Waals surface area contributed by atoms with Crippen molar-refractivity contribution in [1.82, 2.24) is 0 Å². The molecule has 0 atom stereocenters. The van der Waals surface area contributed by atoms with Crippen LogP contribution in [-0.2, 0) is 0 Å². The molecule has 0 unspecified atom stereocenters. The molecule has 0 heterocycles. The number of hydrogen-bond donors (Lipinski definition) is 0. The zero-order chi connectivity index (χ0) is 12.1. The fourth-order valence-electron chi connectivity index (χ4n) is 1.58. The fourth-order valence-corrected chi connectivity index (χ4v) is 1.58. The fraction of sp³-hybridized carbons (Fsp3) is 0.600. The Hall–Kier alpha value is -0.780. The summed E-state index contributed by atoms with van der Waals surface area (Å²) in [4.78, 5) is 0. The van der Waals surface area contributed by atoms with Crippen molar-refractivity contribution in [1.29, 1.82) is 0 Å². The summed E-state index contributed by atoms with van der Waals surface area (Å²) in [6.45, 7) is 13.9. The van der Waals surface area contributed by atoms with Crippen LogP contribution >= 0.6 is 0 Å². The molecule has 0 saturated heterocycles. The molecule has 1 aliphatic rings. The molecule has 0 aliphatic heterocycles. The van der Waals surface area contributed by atoms with E-state index in [1.165, 1.54) is 36.8 Å². The third-order valence-electron chi connectivity index (χ3n) is 2.17. The highest BCUT2D eigenvalue weighted by Gasteiger charge is 2.06. The van der Waals surface area contributed by atoms with Gasteiger partial charge in [-0.2, -0.15) is 0 Å². The number of hydrogen-bond acceptors (Lipinski definition) is 0. The lowest BCUT2D eigenvalue weighted by molar-refractivity contribution is 0.693. The zero-order valence-electron chi connectivity index (χ0n) is 11.3. The maximum atomic E-state index is 3.83. The molecule has 1 rings (SSSR count). The molecule has 0 amide bonds. The Labute approximate surface area is 96.8 Å². The molecule has 0 aromatic carbocycles. The molecule has 0 fully saturated rings. The van der Waals surface area contributed by atoms with Crippen LogP contribution in [0, 0.1) is 0 Å². The van der Waals surface area contributed by atoms with Crippen LogP contribution < -0.4 is 0 Å². The largest absolute Gasteiger partial charge is 0.0988 e. The van der Waals surface area contributed by atoms with E-state index in [1.54, 1.807) is 0 Å². The van der Waals surface area contributed by atoms with Crippen molar-refractivity contribution < 1.29 is 0 Å². The molecule has 1 aliphatic carbocycles. The van der Waals surface area contributed by atoms with Gasteiger partial charge in [0.25, 0.3) is 0 Å². The Balaban J connectivity index is 0. The first-order valence-electron chi connectivity index (χ1n) is 6.35. The number of allylic oxidation sites excluding steroid dienone is 5. The van der Waals surface area contributed by atoms with E-state index < -0.39 is 0 Å². The monoisotopic (exact) mass is 208 g/mol. The highest BCUT2D eigenvalue weighted by Crippen LogP contribution is 2.25. The Morgan fingerprint density at radius 1 is 0.933 bits per heavy atom. The van der Waals surface area contributed by atoms with Crippen molar-refractivity contribution in [3.8, 4) is 0 Å². The predicted molar refractivity (Wildman–Crippen MR) is 73.2 cm³/mol. The van der Waals surface area contributed by atoms with Crippen LogP contribution in [-0.4, -0.2) is 0 Å². The molecule has 0 aromatic heterocycles. The second-order valence-electron chi connectivity index (χ2n) is 2.96. The smallest absolute Gasteiger partial charge is 0.0276 e. The molecule has 88 valence electrons. The molecule has 0 N–H and O–H groups in total. The van der Waals surface area contributed by atoms with Gasteiger partial charge in [0.1, 0.15) is 0 Å². The van der Waals surface area contributed by atoms with Gasteiger partial charge in [0.05, 0.1) is 0 Å². The molecular formula is C15H28. The molecule has 0 saturated carbocycles. The van der Waals surface area contributed by atoms with Gasteiger partial charge in [0, 0.05) is 0 Å². The summed E-state index contributed by atoms with van der Waals surface area (Å²) in [5, 5.41) is 0. The number of rotatable bonds is 2. The molecule has 0 aromatic rings. The van der Waals surface area contributed by atoms with Crippen molar-refractivity contribution in [3.63, 3.8) is 0 Å². The lowest BCUT2D eigenvalue weighted by atomic mass is 9.91. The Bertz CT molecular complexity index is 194. The maximum Gasteiger partial charge on any atom is -0.0276 e. The van der Waals surface area contributed by atoms with E-state index in [0.717, 1.165) is 0 Å². The van der Waals surface area contributed by atoms with Crippen LogP contribution in [0.1, 0.15) is 60.3 Å². The van der Waals surface area contributed by atoms with E-state index >= 15 is 0 Å². The predicted octanol–water partition coefficient (Wildman–Crippen LogP) is 5.67. The molecule has 15 heavy (non-hydrogen) atoms. The van der Waals surface area contributed by atoms with Gasteiger partial charge in [-0.05, 0) is 43.8 Å². The summed E-state index contributed by atoms with van der Waals surface area (Å²) in [7, 11) is 0. The van der Waals surface area contributed by atoms with Crippen molar-refractivity contribution in [2.45, 2.75) is 60.3 Å². The molecule has 0 radical (unpaired) electrons. The first-order valence-corrected chi connectivity index (χ1v) is 6.35. The molecular weight excluding hydrogens is 180 g/mol. The average Bonchev–Trinajstić information content (AvgIpc) is 2.35. The average molecular weight is 208 g/mol. The van der Waals surface area contributed by atoms with Gasteiger partial charge >= 0.3 is 0 Å². The van der Waals surface area contributed by atoms with E-state index in [4.69, 9.17) is 0 Å². The molecule has 0 heteroatoms. The van der Waals surface area contributed by atoms with Crippen molar-refractivity contribution >= 4 is 0 Å². The normalized spacial score (nSPS) is 15.0. The maximum absolute atomic E-state index is 3.83. The summed E-state index contributed by atoms with van der Waals surface area (Å²) in [5.41, 5.74) is 2.95. The Morgan fingerprint density at radius 2 is 1.40 bits per heavy atom. The summed E-state index contributed by atoms with van der Waals surface area (Å²) in [6.07, 6.45) is 11.5. The van der Waals surface area contributed by atoms with E-state index in [2.05, 4.69) is 25.7 Å². The van der Waals surface area contributed by atoms with E-state index in [9.17, 15) is 0 Å². The summed E-state index contributed by atoms with van der Waals surface area (Å²) in [5.74, 6) is 0. The second kappa shape index (κ2) is 13.2. The zero-order valence-corrected chi connectivity index (χ0v) is 11.3. The minimum Gasteiger partial charge on any atom is -0.0988 e. The Morgan fingerprint density at radius 3 is 1.80 bits per heavy atom.